The SMILES string of the molecule is CCC(Sc1cccc(NC(=O)/C(=C\c2ccc(Cl)cc2Cl)NC(=O)c2ccccc2)c1)C(=O)Nc1cc(C(F)(F)F)ccc1Cl. The highest BCUT2D eigenvalue weighted by atomic mass is 35.5. The molecule has 1 unspecified atom stereocenters. The number of halogens is 6. The molecule has 0 aliphatic carbocycles. The van der Waals surface area contributed by atoms with Crippen LogP contribution < -0.4 is 16.0 Å². The van der Waals surface area contributed by atoms with E-state index in [0.29, 0.717) is 33.2 Å². The molecule has 0 radical (unpaired) electrons. The van der Waals surface area contributed by atoms with E-state index in [1.807, 2.05) is 0 Å². The molecule has 3 N–H and O–H groups in total. The normalized spacial score (nSPS) is 12.3. The van der Waals surface area contributed by atoms with Gasteiger partial charge >= 0.3 is 6.18 Å². The molecule has 4 aromatic rings. The summed E-state index contributed by atoms with van der Waals surface area (Å²) >= 11 is 19.5. The lowest BCUT2D eigenvalue weighted by Crippen LogP contribution is -2.30. The van der Waals surface area contributed by atoms with Crippen LogP contribution in [0.15, 0.2) is 102 Å². The first-order chi connectivity index (χ1) is 21.8. The van der Waals surface area contributed by atoms with Gasteiger partial charge in [-0.3, -0.25) is 14.4 Å². The topological polar surface area (TPSA) is 87.3 Å². The Morgan fingerprint density at radius 2 is 1.59 bits per heavy atom. The summed E-state index contributed by atoms with van der Waals surface area (Å²) in [4.78, 5) is 40.0. The van der Waals surface area contributed by atoms with Crippen LogP contribution in [0.3, 0.4) is 0 Å². The molecular formula is C33H25Cl3F3N3O3S. The maximum absolute atomic E-state index is 13.5. The van der Waals surface area contributed by atoms with Crippen LogP contribution in [0.2, 0.25) is 15.1 Å². The van der Waals surface area contributed by atoms with E-state index in [9.17, 15) is 27.6 Å². The molecule has 13 heteroatoms. The number of hydrogen-bond donors (Lipinski definition) is 3. The summed E-state index contributed by atoms with van der Waals surface area (Å²) in [6, 6.07) is 22.4. The molecule has 0 aliphatic heterocycles. The second kappa shape index (κ2) is 15.6. The number of hydrogen-bond acceptors (Lipinski definition) is 4. The Morgan fingerprint density at radius 1 is 0.848 bits per heavy atom. The molecule has 0 aromatic heterocycles. The predicted molar refractivity (Wildman–Crippen MR) is 178 cm³/mol. The molecule has 0 saturated heterocycles. The zero-order valence-corrected chi connectivity index (χ0v) is 27.0. The highest BCUT2D eigenvalue weighted by Crippen LogP contribution is 2.35. The quantitative estimate of drug-likeness (QED) is 0.113. The van der Waals surface area contributed by atoms with E-state index in [1.165, 1.54) is 12.1 Å². The van der Waals surface area contributed by atoms with Crippen LogP contribution in [0.4, 0.5) is 24.5 Å². The Labute approximate surface area is 282 Å². The molecule has 4 rings (SSSR count). The van der Waals surface area contributed by atoms with Gasteiger partial charge in [0.2, 0.25) is 5.91 Å². The highest BCUT2D eigenvalue weighted by molar-refractivity contribution is 8.00. The van der Waals surface area contributed by atoms with Gasteiger partial charge in [-0.05, 0) is 78.7 Å². The molecule has 0 saturated carbocycles. The Bertz CT molecular complexity index is 1790. The second-order valence-electron chi connectivity index (χ2n) is 9.72. The molecule has 6 nitrogen and oxygen atoms in total. The van der Waals surface area contributed by atoms with Gasteiger partial charge in [0, 0.05) is 26.2 Å². The van der Waals surface area contributed by atoms with Gasteiger partial charge in [-0.1, -0.05) is 72.1 Å². The van der Waals surface area contributed by atoms with Crippen LogP contribution in [0, 0.1) is 0 Å². The van der Waals surface area contributed by atoms with Crippen molar-refractivity contribution in [1.82, 2.24) is 5.32 Å². The monoisotopic (exact) mass is 705 g/mol. The average molecular weight is 707 g/mol. The predicted octanol–water partition coefficient (Wildman–Crippen LogP) is 9.58. The van der Waals surface area contributed by atoms with Gasteiger partial charge in [0.15, 0.2) is 0 Å². The van der Waals surface area contributed by atoms with E-state index in [4.69, 9.17) is 34.8 Å². The van der Waals surface area contributed by atoms with Crippen LogP contribution in [0.1, 0.15) is 34.8 Å². The minimum atomic E-state index is -4.60. The average Bonchev–Trinajstić information content (AvgIpc) is 3.01. The number of rotatable bonds is 10. The van der Waals surface area contributed by atoms with Crippen molar-refractivity contribution in [2.45, 2.75) is 29.7 Å². The van der Waals surface area contributed by atoms with Gasteiger partial charge < -0.3 is 16.0 Å². The fraction of sp³-hybridized carbons (Fsp3) is 0.121. The highest BCUT2D eigenvalue weighted by Gasteiger charge is 2.31. The third-order valence-corrected chi connectivity index (χ3v) is 8.63. The van der Waals surface area contributed by atoms with Crippen molar-refractivity contribution >= 4 is 81.7 Å². The summed E-state index contributed by atoms with van der Waals surface area (Å²) in [7, 11) is 0. The Balaban J connectivity index is 1.52. The van der Waals surface area contributed by atoms with E-state index < -0.39 is 34.7 Å². The number of amides is 3. The minimum absolute atomic E-state index is 0.0333. The Kier molecular flexibility index (Phi) is 11.8. The molecular weight excluding hydrogens is 682 g/mol. The molecule has 238 valence electrons. The molecule has 1 atom stereocenters. The van der Waals surface area contributed by atoms with Gasteiger partial charge in [-0.25, -0.2) is 0 Å². The smallest absolute Gasteiger partial charge is 0.324 e. The van der Waals surface area contributed by atoms with Gasteiger partial charge in [0.05, 0.1) is 21.5 Å². The third kappa shape index (κ3) is 9.53. The van der Waals surface area contributed by atoms with Crippen LogP contribution >= 0.6 is 46.6 Å². The summed E-state index contributed by atoms with van der Waals surface area (Å²) in [6.45, 7) is 1.75. The van der Waals surface area contributed by atoms with Crippen molar-refractivity contribution in [2.75, 3.05) is 10.6 Å². The van der Waals surface area contributed by atoms with Crippen molar-refractivity contribution in [3.63, 3.8) is 0 Å². The maximum atomic E-state index is 13.5. The first kappa shape index (κ1) is 34.9. The van der Waals surface area contributed by atoms with Crippen molar-refractivity contribution in [3.8, 4) is 0 Å². The summed E-state index contributed by atoms with van der Waals surface area (Å²) < 4.78 is 39.6. The summed E-state index contributed by atoms with van der Waals surface area (Å²) in [6.07, 6.45) is -2.85. The third-order valence-electron chi connectivity index (χ3n) is 6.38. The van der Waals surface area contributed by atoms with Gasteiger partial charge in [-0.15, -0.1) is 11.8 Å². The van der Waals surface area contributed by atoms with E-state index in [1.54, 1.807) is 73.7 Å². The van der Waals surface area contributed by atoms with E-state index in [-0.39, 0.29) is 21.4 Å². The number of carbonyl (C=O) groups is 3. The largest absolute Gasteiger partial charge is 0.416 e. The molecule has 0 heterocycles. The standard InChI is InChI=1S/C33H25Cl3F3N3O3S/c1-2-29(32(45)41-27-16-21(33(37,38)39)12-14-25(27)35)46-24-10-6-9-23(18-24)40-31(44)28(15-20-11-13-22(34)17-26(20)36)42-30(43)19-7-4-3-5-8-19/h3-18,29H,2H2,1H3,(H,40,44)(H,41,45)(H,42,43)/b28-15+. The fourth-order valence-corrected chi connectivity index (χ4v) is 5.70. The van der Waals surface area contributed by atoms with Crippen LogP contribution in [0.5, 0.6) is 0 Å². The zero-order valence-electron chi connectivity index (χ0n) is 23.9. The molecule has 0 spiro atoms. The van der Waals surface area contributed by atoms with E-state index in [0.717, 1.165) is 30.0 Å². The zero-order chi connectivity index (χ0) is 33.4. The summed E-state index contributed by atoms with van der Waals surface area (Å²) in [5.41, 5.74) is -0.0703. The van der Waals surface area contributed by atoms with E-state index >= 15 is 0 Å². The van der Waals surface area contributed by atoms with Gasteiger partial charge in [0.1, 0.15) is 5.70 Å². The Hall–Kier alpha value is -3.96. The van der Waals surface area contributed by atoms with Crippen molar-refractivity contribution in [1.29, 1.82) is 0 Å². The first-order valence-electron chi connectivity index (χ1n) is 13.6. The van der Waals surface area contributed by atoms with Crippen LogP contribution in [0.25, 0.3) is 6.08 Å². The van der Waals surface area contributed by atoms with Crippen molar-refractivity contribution < 1.29 is 27.6 Å². The number of thioether (sulfide) groups is 1. The lowest BCUT2D eigenvalue weighted by atomic mass is 10.1. The molecule has 3 amide bonds. The molecule has 0 fully saturated rings. The minimum Gasteiger partial charge on any atom is -0.324 e. The first-order valence-corrected chi connectivity index (χ1v) is 15.6. The number of carbonyl (C=O) groups excluding carboxylic acids is 3. The fourth-order valence-electron chi connectivity index (χ4n) is 4.06. The van der Waals surface area contributed by atoms with Crippen LogP contribution in [-0.4, -0.2) is 23.0 Å². The number of benzene rings is 4. The number of nitrogens with one attached hydrogen (secondary N) is 3. The summed E-state index contributed by atoms with van der Waals surface area (Å²) in [5, 5.41) is 7.80. The maximum Gasteiger partial charge on any atom is 0.416 e. The molecule has 4 aromatic carbocycles. The lowest BCUT2D eigenvalue weighted by molar-refractivity contribution is -0.137. The molecule has 0 aliphatic rings. The Morgan fingerprint density at radius 3 is 2.26 bits per heavy atom. The number of alkyl halides is 3. The van der Waals surface area contributed by atoms with E-state index in [2.05, 4.69) is 16.0 Å². The van der Waals surface area contributed by atoms with Crippen molar-refractivity contribution in [2.24, 2.45) is 0 Å². The molecule has 0 bridgehead atoms. The van der Waals surface area contributed by atoms with Gasteiger partial charge in [0.25, 0.3) is 11.8 Å². The number of anilines is 2. The molecule has 46 heavy (non-hydrogen) atoms. The summed E-state index contributed by atoms with van der Waals surface area (Å²) in [5.74, 6) is -1.72. The van der Waals surface area contributed by atoms with Gasteiger partial charge in [-0.2, -0.15) is 13.2 Å². The van der Waals surface area contributed by atoms with Crippen molar-refractivity contribution in [3.05, 3.63) is 128 Å². The van der Waals surface area contributed by atoms with Crippen LogP contribution in [-0.2, 0) is 15.8 Å². The second-order valence-corrected chi connectivity index (χ2v) is 12.2. The lowest BCUT2D eigenvalue weighted by Gasteiger charge is -2.17.